The number of hydrogen-bond donors (Lipinski definition) is 1. The molecule has 1 aliphatic heterocycles. The number of nitrogens with zero attached hydrogens (tertiary/aromatic N) is 1. The van der Waals surface area contributed by atoms with Gasteiger partial charge in [0, 0.05) is 18.7 Å². The summed E-state index contributed by atoms with van der Waals surface area (Å²) in [6.07, 6.45) is 0. The lowest BCUT2D eigenvalue weighted by atomic mass is 10.0. The SMILES string of the molecule is O=C(Nc1ccccc1C(=O)N1CCOCC1)c1ccc(-c2ccccc2)cc1. The first-order valence-corrected chi connectivity index (χ1v) is 9.65. The summed E-state index contributed by atoms with van der Waals surface area (Å²) < 4.78 is 5.32. The van der Waals surface area contributed by atoms with Crippen molar-refractivity contribution in [1.29, 1.82) is 0 Å². The zero-order valence-corrected chi connectivity index (χ0v) is 16.0. The Kier molecular flexibility index (Phi) is 5.68. The first kappa shape index (κ1) is 18.9. The number of hydrogen-bond acceptors (Lipinski definition) is 3. The molecule has 146 valence electrons. The van der Waals surface area contributed by atoms with Gasteiger partial charge in [-0.05, 0) is 35.4 Å². The second-order valence-electron chi connectivity index (χ2n) is 6.85. The molecule has 0 atom stereocenters. The number of morpholine rings is 1. The number of para-hydroxylation sites is 1. The van der Waals surface area contributed by atoms with Gasteiger partial charge in [0.05, 0.1) is 24.5 Å². The maximum absolute atomic E-state index is 12.9. The number of rotatable bonds is 4. The third-order valence-corrected chi connectivity index (χ3v) is 4.96. The van der Waals surface area contributed by atoms with Crippen LogP contribution in [0.2, 0.25) is 0 Å². The lowest BCUT2D eigenvalue weighted by Crippen LogP contribution is -2.41. The largest absolute Gasteiger partial charge is 0.378 e. The minimum absolute atomic E-state index is 0.0939. The van der Waals surface area contributed by atoms with Gasteiger partial charge >= 0.3 is 0 Å². The molecule has 3 aromatic carbocycles. The van der Waals surface area contributed by atoms with E-state index in [9.17, 15) is 9.59 Å². The molecule has 0 spiro atoms. The van der Waals surface area contributed by atoms with Crippen LogP contribution < -0.4 is 5.32 Å². The summed E-state index contributed by atoms with van der Waals surface area (Å²) in [7, 11) is 0. The average Bonchev–Trinajstić information content (AvgIpc) is 2.80. The first-order chi connectivity index (χ1) is 14.2. The highest BCUT2D eigenvalue weighted by Crippen LogP contribution is 2.22. The Hall–Kier alpha value is -3.44. The van der Waals surface area contributed by atoms with E-state index in [-0.39, 0.29) is 11.8 Å². The Labute approximate surface area is 169 Å². The quantitative estimate of drug-likeness (QED) is 0.735. The maximum atomic E-state index is 12.9. The molecule has 1 heterocycles. The zero-order valence-electron chi connectivity index (χ0n) is 16.0. The molecule has 1 fully saturated rings. The van der Waals surface area contributed by atoms with Crippen LogP contribution in [0.25, 0.3) is 11.1 Å². The van der Waals surface area contributed by atoms with E-state index in [1.54, 1.807) is 35.2 Å². The third-order valence-electron chi connectivity index (χ3n) is 4.96. The van der Waals surface area contributed by atoms with Gasteiger partial charge in [-0.25, -0.2) is 0 Å². The summed E-state index contributed by atoms with van der Waals surface area (Å²) in [4.78, 5) is 27.4. The molecule has 0 aromatic heterocycles. The van der Waals surface area contributed by atoms with E-state index in [4.69, 9.17) is 4.74 Å². The molecule has 5 nitrogen and oxygen atoms in total. The summed E-state index contributed by atoms with van der Waals surface area (Å²) in [5, 5.41) is 2.89. The van der Waals surface area contributed by atoms with Gasteiger partial charge in [0.15, 0.2) is 0 Å². The van der Waals surface area contributed by atoms with Crippen molar-refractivity contribution in [3.63, 3.8) is 0 Å². The number of benzene rings is 3. The smallest absolute Gasteiger partial charge is 0.256 e. The van der Waals surface area contributed by atoms with Gasteiger partial charge in [-0.1, -0.05) is 54.6 Å². The second-order valence-corrected chi connectivity index (χ2v) is 6.85. The van der Waals surface area contributed by atoms with E-state index in [1.165, 1.54) is 0 Å². The fourth-order valence-electron chi connectivity index (χ4n) is 3.35. The molecule has 5 heteroatoms. The first-order valence-electron chi connectivity index (χ1n) is 9.65. The van der Waals surface area contributed by atoms with Crippen LogP contribution in [0.15, 0.2) is 78.9 Å². The monoisotopic (exact) mass is 386 g/mol. The number of anilines is 1. The van der Waals surface area contributed by atoms with E-state index in [0.29, 0.717) is 43.1 Å². The summed E-state index contributed by atoms with van der Waals surface area (Å²) >= 11 is 0. The molecule has 1 saturated heterocycles. The van der Waals surface area contributed by atoms with Crippen molar-refractivity contribution in [1.82, 2.24) is 4.90 Å². The maximum Gasteiger partial charge on any atom is 0.256 e. The van der Waals surface area contributed by atoms with Crippen LogP contribution in [0.1, 0.15) is 20.7 Å². The standard InChI is InChI=1S/C24H22N2O3/c27-23(20-12-10-19(11-13-20)18-6-2-1-3-7-18)25-22-9-5-4-8-21(22)24(28)26-14-16-29-17-15-26/h1-13H,14-17H2,(H,25,27). The van der Waals surface area contributed by atoms with Crippen LogP contribution >= 0.6 is 0 Å². The van der Waals surface area contributed by atoms with E-state index in [1.807, 2.05) is 48.5 Å². The van der Waals surface area contributed by atoms with Crippen molar-refractivity contribution in [3.05, 3.63) is 90.0 Å². The summed E-state index contributed by atoms with van der Waals surface area (Å²) in [6, 6.07) is 24.6. The number of ether oxygens (including phenoxy) is 1. The average molecular weight is 386 g/mol. The molecule has 29 heavy (non-hydrogen) atoms. The predicted octanol–water partition coefficient (Wildman–Crippen LogP) is 4.08. The molecule has 0 saturated carbocycles. The van der Waals surface area contributed by atoms with Gasteiger partial charge in [0.2, 0.25) is 0 Å². The van der Waals surface area contributed by atoms with Crippen LogP contribution in [0.4, 0.5) is 5.69 Å². The van der Waals surface area contributed by atoms with E-state index in [0.717, 1.165) is 11.1 Å². The normalized spacial score (nSPS) is 13.7. The van der Waals surface area contributed by atoms with Crippen molar-refractivity contribution in [2.75, 3.05) is 31.6 Å². The van der Waals surface area contributed by atoms with Gasteiger partial charge in [0.1, 0.15) is 0 Å². The molecule has 0 bridgehead atoms. The highest BCUT2D eigenvalue weighted by atomic mass is 16.5. The van der Waals surface area contributed by atoms with Gasteiger partial charge in [-0.3, -0.25) is 9.59 Å². The van der Waals surface area contributed by atoms with Crippen molar-refractivity contribution in [2.24, 2.45) is 0 Å². The van der Waals surface area contributed by atoms with Crippen LogP contribution in [0.3, 0.4) is 0 Å². The van der Waals surface area contributed by atoms with E-state index < -0.39 is 0 Å². The van der Waals surface area contributed by atoms with Gasteiger partial charge in [-0.2, -0.15) is 0 Å². The molecule has 0 radical (unpaired) electrons. The van der Waals surface area contributed by atoms with Crippen molar-refractivity contribution in [3.8, 4) is 11.1 Å². The third kappa shape index (κ3) is 4.36. The van der Waals surface area contributed by atoms with Gasteiger partial charge in [-0.15, -0.1) is 0 Å². The lowest BCUT2D eigenvalue weighted by molar-refractivity contribution is 0.0303. The van der Waals surface area contributed by atoms with E-state index in [2.05, 4.69) is 5.32 Å². The molecule has 1 N–H and O–H groups in total. The molecule has 0 aliphatic carbocycles. The zero-order chi connectivity index (χ0) is 20.1. The van der Waals surface area contributed by atoms with E-state index >= 15 is 0 Å². The van der Waals surface area contributed by atoms with Crippen LogP contribution in [-0.2, 0) is 4.74 Å². The fourth-order valence-corrected chi connectivity index (χ4v) is 3.35. The topological polar surface area (TPSA) is 58.6 Å². The number of nitrogens with one attached hydrogen (secondary N) is 1. The fraction of sp³-hybridized carbons (Fsp3) is 0.167. The Morgan fingerprint density at radius 3 is 2.10 bits per heavy atom. The highest BCUT2D eigenvalue weighted by molar-refractivity contribution is 6.09. The molecule has 4 rings (SSSR count). The Bertz CT molecular complexity index is 994. The molecular weight excluding hydrogens is 364 g/mol. The molecule has 3 aromatic rings. The van der Waals surface area contributed by atoms with Crippen LogP contribution in [-0.4, -0.2) is 43.0 Å². The number of amides is 2. The summed E-state index contributed by atoms with van der Waals surface area (Å²) in [5.74, 6) is -0.338. The predicted molar refractivity (Wildman–Crippen MR) is 113 cm³/mol. The van der Waals surface area contributed by atoms with Gasteiger partial charge < -0.3 is 15.0 Å². The van der Waals surface area contributed by atoms with Crippen LogP contribution in [0, 0.1) is 0 Å². The minimum Gasteiger partial charge on any atom is -0.378 e. The summed E-state index contributed by atoms with van der Waals surface area (Å²) in [6.45, 7) is 2.19. The van der Waals surface area contributed by atoms with Crippen molar-refractivity contribution in [2.45, 2.75) is 0 Å². The highest BCUT2D eigenvalue weighted by Gasteiger charge is 2.21. The lowest BCUT2D eigenvalue weighted by Gasteiger charge is -2.27. The van der Waals surface area contributed by atoms with Crippen molar-refractivity contribution < 1.29 is 14.3 Å². The molecule has 0 unspecified atom stereocenters. The summed E-state index contributed by atoms with van der Waals surface area (Å²) in [5.41, 5.74) is 3.69. The minimum atomic E-state index is -0.244. The number of carbonyl (C=O) groups is 2. The molecule has 1 aliphatic rings. The Balaban J connectivity index is 1.51. The van der Waals surface area contributed by atoms with Crippen LogP contribution in [0.5, 0.6) is 0 Å². The second kappa shape index (κ2) is 8.71. The molecule has 2 amide bonds. The Morgan fingerprint density at radius 1 is 0.759 bits per heavy atom. The number of carbonyl (C=O) groups excluding carboxylic acids is 2. The van der Waals surface area contributed by atoms with Crippen molar-refractivity contribution >= 4 is 17.5 Å². The Morgan fingerprint density at radius 2 is 1.38 bits per heavy atom. The van der Waals surface area contributed by atoms with Gasteiger partial charge in [0.25, 0.3) is 11.8 Å². The molecular formula is C24H22N2O3.